The highest BCUT2D eigenvalue weighted by Crippen LogP contribution is 2.38. The zero-order chi connectivity index (χ0) is 49.9. The minimum absolute atomic E-state index is 0.0407. The summed E-state index contributed by atoms with van der Waals surface area (Å²) in [5.74, 6) is -0.889. The van der Waals surface area contributed by atoms with Gasteiger partial charge in [0, 0.05) is 12.8 Å². The summed E-state index contributed by atoms with van der Waals surface area (Å²) >= 11 is 0. The fourth-order valence-corrected chi connectivity index (χ4v) is 8.67. The van der Waals surface area contributed by atoms with Crippen molar-refractivity contribution in [3.8, 4) is 0 Å². The Labute approximate surface area is 420 Å². The molecule has 0 spiro atoms. The highest BCUT2D eigenvalue weighted by atomic mass is 31.2. The molecule has 0 radical (unpaired) electrons. The lowest BCUT2D eigenvalue weighted by atomic mass is 10.0. The fourth-order valence-electron chi connectivity index (χ4n) is 7.94. The molecule has 68 heavy (non-hydrogen) atoms. The number of hydrogen-bond donors (Lipinski definition) is 0. The van der Waals surface area contributed by atoms with E-state index in [-0.39, 0.29) is 26.1 Å². The van der Waals surface area contributed by atoms with E-state index < -0.39 is 32.5 Å². The van der Waals surface area contributed by atoms with Crippen molar-refractivity contribution >= 4 is 19.8 Å². The summed E-state index contributed by atoms with van der Waals surface area (Å²) in [7, 11) is 1.14. The maximum Gasteiger partial charge on any atom is 0.306 e. The van der Waals surface area contributed by atoms with Gasteiger partial charge in [0.15, 0.2) is 6.10 Å². The number of hydrogen-bond acceptors (Lipinski definition) is 8. The molecule has 0 heterocycles. The first kappa shape index (κ1) is 66.0. The molecule has 1 unspecified atom stereocenters. The van der Waals surface area contributed by atoms with E-state index in [2.05, 4.69) is 62.5 Å². The van der Waals surface area contributed by atoms with E-state index >= 15 is 0 Å². The Bertz CT molecular complexity index is 1290. The van der Waals surface area contributed by atoms with Gasteiger partial charge in [0.25, 0.3) is 7.82 Å². The van der Waals surface area contributed by atoms with Gasteiger partial charge in [-0.15, -0.1) is 0 Å². The average Bonchev–Trinajstić information content (AvgIpc) is 3.30. The van der Waals surface area contributed by atoms with Crippen LogP contribution < -0.4 is 4.89 Å². The quantitative estimate of drug-likeness (QED) is 0.0195. The fraction of sp³-hybridized carbons (Fsp3) is 0.828. The van der Waals surface area contributed by atoms with Crippen molar-refractivity contribution in [3.05, 3.63) is 48.6 Å². The van der Waals surface area contributed by atoms with Gasteiger partial charge >= 0.3 is 11.9 Å². The maximum absolute atomic E-state index is 12.7. The van der Waals surface area contributed by atoms with Crippen LogP contribution in [0, 0.1) is 0 Å². The molecule has 0 aliphatic rings. The molecule has 0 rings (SSSR count). The molecular formula is C58H108NO8P. The number of likely N-dealkylation sites (N-methyl/N-ethyl adjacent to an activating group) is 1. The minimum atomic E-state index is -4.65. The lowest BCUT2D eigenvalue weighted by Crippen LogP contribution is -2.37. The van der Waals surface area contributed by atoms with E-state index in [0.29, 0.717) is 23.9 Å². The summed E-state index contributed by atoms with van der Waals surface area (Å²) in [6, 6.07) is 0. The van der Waals surface area contributed by atoms with E-state index in [1.165, 1.54) is 180 Å². The third-order valence-corrected chi connectivity index (χ3v) is 13.3. The van der Waals surface area contributed by atoms with Crippen LogP contribution in [0.2, 0.25) is 0 Å². The van der Waals surface area contributed by atoms with Gasteiger partial charge in [-0.1, -0.05) is 242 Å². The van der Waals surface area contributed by atoms with Crippen molar-refractivity contribution in [3.63, 3.8) is 0 Å². The predicted molar refractivity (Wildman–Crippen MR) is 287 cm³/mol. The lowest BCUT2D eigenvalue weighted by Gasteiger charge is -2.28. The highest BCUT2D eigenvalue weighted by molar-refractivity contribution is 7.45. The molecule has 0 saturated carbocycles. The Morgan fingerprint density at radius 1 is 0.456 bits per heavy atom. The molecule has 10 heteroatoms. The highest BCUT2D eigenvalue weighted by Gasteiger charge is 2.21. The summed E-state index contributed by atoms with van der Waals surface area (Å²) in [5, 5.41) is 0. The van der Waals surface area contributed by atoms with Crippen LogP contribution >= 0.6 is 7.82 Å². The number of rotatable bonds is 52. The number of carbonyl (C=O) groups excluding carboxylic acids is 2. The predicted octanol–water partition coefficient (Wildman–Crippen LogP) is 16.7. The Hall–Kier alpha value is -2.03. The van der Waals surface area contributed by atoms with Crippen molar-refractivity contribution in [1.29, 1.82) is 0 Å². The van der Waals surface area contributed by atoms with Crippen molar-refractivity contribution in [2.45, 2.75) is 264 Å². The molecule has 0 amide bonds. The van der Waals surface area contributed by atoms with E-state index in [1.807, 2.05) is 21.1 Å². The molecule has 0 aromatic heterocycles. The largest absolute Gasteiger partial charge is 0.756 e. The summed E-state index contributed by atoms with van der Waals surface area (Å²) in [6.07, 6.45) is 61.7. The topological polar surface area (TPSA) is 111 Å². The molecule has 2 atom stereocenters. The first-order chi connectivity index (χ1) is 33.0. The number of phosphoric acid groups is 1. The van der Waals surface area contributed by atoms with Crippen LogP contribution in [0.15, 0.2) is 48.6 Å². The van der Waals surface area contributed by atoms with Crippen molar-refractivity contribution < 1.29 is 42.1 Å². The van der Waals surface area contributed by atoms with Gasteiger partial charge in [-0.05, 0) is 51.4 Å². The second-order valence-electron chi connectivity index (χ2n) is 20.3. The van der Waals surface area contributed by atoms with Gasteiger partial charge in [-0.2, -0.15) is 0 Å². The number of ether oxygens (including phenoxy) is 2. The second-order valence-corrected chi connectivity index (χ2v) is 21.7. The molecular weight excluding hydrogens is 870 g/mol. The normalized spacial score (nSPS) is 13.7. The molecule has 0 aliphatic heterocycles. The number of quaternary nitrogens is 1. The molecule has 398 valence electrons. The van der Waals surface area contributed by atoms with Crippen LogP contribution in [0.4, 0.5) is 0 Å². The molecule has 0 fully saturated rings. The summed E-state index contributed by atoms with van der Waals surface area (Å²) in [4.78, 5) is 37.8. The zero-order valence-electron chi connectivity index (χ0n) is 45.1. The SMILES string of the molecule is CCCCCCCCC/C=C/C/C=C/C/C=C/C/C=C/CCCC(=O)O[C@H](COC(=O)CCCCCCCCCCCCCCCCCCCCCCCCC)COP(=O)([O-])OCC[N+](C)(C)C. The van der Waals surface area contributed by atoms with Crippen LogP contribution in [0.3, 0.4) is 0 Å². The molecule has 0 N–H and O–H groups in total. The van der Waals surface area contributed by atoms with Gasteiger partial charge in [0.1, 0.15) is 19.8 Å². The Kier molecular flexibility index (Phi) is 48.4. The first-order valence-electron chi connectivity index (χ1n) is 28.3. The van der Waals surface area contributed by atoms with Gasteiger partial charge in [-0.3, -0.25) is 14.2 Å². The van der Waals surface area contributed by atoms with Crippen LogP contribution in [0.5, 0.6) is 0 Å². The van der Waals surface area contributed by atoms with Crippen LogP contribution in [0.1, 0.15) is 258 Å². The van der Waals surface area contributed by atoms with Gasteiger partial charge in [0.2, 0.25) is 0 Å². The smallest absolute Gasteiger partial charge is 0.306 e. The Balaban J connectivity index is 4.25. The average molecular weight is 978 g/mol. The number of allylic oxidation sites excluding steroid dienone is 8. The van der Waals surface area contributed by atoms with Crippen LogP contribution in [-0.2, 0) is 32.7 Å². The molecule has 0 saturated heterocycles. The van der Waals surface area contributed by atoms with Crippen molar-refractivity contribution in [1.82, 2.24) is 0 Å². The number of carbonyl (C=O) groups is 2. The van der Waals surface area contributed by atoms with E-state index in [1.54, 1.807) is 0 Å². The van der Waals surface area contributed by atoms with E-state index in [0.717, 1.165) is 38.5 Å². The number of unbranched alkanes of at least 4 members (excludes halogenated alkanes) is 30. The third-order valence-electron chi connectivity index (χ3n) is 12.4. The zero-order valence-corrected chi connectivity index (χ0v) is 45.9. The third kappa shape index (κ3) is 53.3. The van der Waals surface area contributed by atoms with Crippen molar-refractivity contribution in [2.24, 2.45) is 0 Å². The molecule has 0 bridgehead atoms. The molecule has 0 aromatic rings. The van der Waals surface area contributed by atoms with Gasteiger partial charge < -0.3 is 27.9 Å². The van der Waals surface area contributed by atoms with Gasteiger partial charge in [-0.25, -0.2) is 0 Å². The standard InChI is InChI=1S/C58H108NO8P/c1-6-8-10-12-14-16-18-20-22-24-26-28-29-31-32-34-36-38-40-42-44-46-48-50-57(60)64-54-56(55-66-68(62,63)65-53-52-59(3,4)5)67-58(61)51-49-47-45-43-41-39-37-35-33-30-27-25-23-21-19-17-15-13-11-9-7-2/h23,25,30,33,37,39,43,45,56H,6-22,24,26-29,31-32,34-36,38,40-42,44,46-55H2,1-5H3/b25-23+,33-30+,39-37+,45-43+/t56-/m1/s1. The minimum Gasteiger partial charge on any atom is -0.756 e. The second kappa shape index (κ2) is 49.9. The maximum atomic E-state index is 12.7. The summed E-state index contributed by atoms with van der Waals surface area (Å²) in [6.45, 7) is 4.21. The van der Waals surface area contributed by atoms with E-state index in [9.17, 15) is 19.0 Å². The first-order valence-corrected chi connectivity index (χ1v) is 29.8. The lowest BCUT2D eigenvalue weighted by molar-refractivity contribution is -0.870. The van der Waals surface area contributed by atoms with Crippen LogP contribution in [-0.4, -0.2) is 70.0 Å². The van der Waals surface area contributed by atoms with Crippen LogP contribution in [0.25, 0.3) is 0 Å². The number of nitrogens with zero attached hydrogens (tertiary/aromatic N) is 1. The molecule has 0 aliphatic carbocycles. The summed E-state index contributed by atoms with van der Waals surface area (Å²) in [5.41, 5.74) is 0. The van der Waals surface area contributed by atoms with E-state index in [4.69, 9.17) is 18.5 Å². The van der Waals surface area contributed by atoms with Crippen molar-refractivity contribution in [2.75, 3.05) is 47.5 Å². The van der Waals surface area contributed by atoms with Gasteiger partial charge in [0.05, 0.1) is 27.7 Å². The number of esters is 2. The Morgan fingerprint density at radius 2 is 0.809 bits per heavy atom. The Morgan fingerprint density at radius 3 is 1.22 bits per heavy atom. The number of phosphoric ester groups is 1. The monoisotopic (exact) mass is 978 g/mol. The summed E-state index contributed by atoms with van der Waals surface area (Å²) < 4.78 is 34.1. The molecule has 0 aromatic carbocycles. The molecule has 9 nitrogen and oxygen atoms in total.